The fraction of sp³-hybridized carbons (Fsp3) is 0.571. The van der Waals surface area contributed by atoms with E-state index in [9.17, 15) is 0 Å². The Hall–Kier alpha value is -0.830. The number of thioether (sulfide) groups is 1. The van der Waals surface area contributed by atoms with Crippen LogP contribution in [-0.2, 0) is 0 Å². The Kier molecular flexibility index (Phi) is 5.05. The van der Waals surface area contributed by atoms with Crippen molar-refractivity contribution in [3.63, 3.8) is 0 Å². The monoisotopic (exact) mass is 250 g/mol. The van der Waals surface area contributed by atoms with Gasteiger partial charge in [0.25, 0.3) is 0 Å². The van der Waals surface area contributed by atoms with Gasteiger partial charge >= 0.3 is 0 Å². The molecule has 3 heteroatoms. The first-order valence-corrected chi connectivity index (χ1v) is 7.72. The van der Waals surface area contributed by atoms with Gasteiger partial charge in [-0.15, -0.1) is 0 Å². The third-order valence-electron chi connectivity index (χ3n) is 3.12. The average molecular weight is 250 g/mol. The van der Waals surface area contributed by atoms with Crippen LogP contribution in [-0.4, -0.2) is 31.1 Å². The highest BCUT2D eigenvalue weighted by molar-refractivity contribution is 7.99. The molecule has 0 spiro atoms. The van der Waals surface area contributed by atoms with E-state index in [2.05, 4.69) is 41.4 Å². The summed E-state index contributed by atoms with van der Waals surface area (Å²) in [5, 5.41) is 3.46. The first-order chi connectivity index (χ1) is 8.40. The molecule has 1 heterocycles. The van der Waals surface area contributed by atoms with E-state index in [1.807, 2.05) is 11.8 Å². The van der Waals surface area contributed by atoms with E-state index in [4.69, 9.17) is 0 Å². The Balaban J connectivity index is 1.80. The molecule has 2 nitrogen and oxygen atoms in total. The standard InChI is InChI=1S/C14H22N2S/c1-2-17-12-9-15-13-5-7-14(8-6-13)16-10-3-4-11-16/h5-8,15H,2-4,9-12H2,1H3. The Bertz CT molecular complexity index is 317. The molecular formula is C14H22N2S. The number of nitrogens with zero attached hydrogens (tertiary/aromatic N) is 1. The predicted molar refractivity (Wildman–Crippen MR) is 79.4 cm³/mol. The number of hydrogen-bond donors (Lipinski definition) is 1. The second-order valence-electron chi connectivity index (χ2n) is 4.36. The van der Waals surface area contributed by atoms with Gasteiger partial charge in [-0.05, 0) is 42.9 Å². The number of nitrogens with one attached hydrogen (secondary N) is 1. The molecule has 1 aliphatic heterocycles. The van der Waals surface area contributed by atoms with Crippen LogP contribution >= 0.6 is 11.8 Å². The molecule has 1 fully saturated rings. The van der Waals surface area contributed by atoms with Gasteiger partial charge in [-0.2, -0.15) is 11.8 Å². The van der Waals surface area contributed by atoms with E-state index in [1.165, 1.54) is 48.8 Å². The van der Waals surface area contributed by atoms with Crippen molar-refractivity contribution < 1.29 is 0 Å². The molecule has 1 aromatic carbocycles. The van der Waals surface area contributed by atoms with E-state index < -0.39 is 0 Å². The molecule has 2 rings (SSSR count). The maximum Gasteiger partial charge on any atom is 0.0367 e. The van der Waals surface area contributed by atoms with E-state index in [0.29, 0.717) is 0 Å². The lowest BCUT2D eigenvalue weighted by molar-refractivity contribution is 0.949. The van der Waals surface area contributed by atoms with Gasteiger partial charge in [-0.25, -0.2) is 0 Å². The van der Waals surface area contributed by atoms with Gasteiger partial charge in [0.05, 0.1) is 0 Å². The number of hydrogen-bond acceptors (Lipinski definition) is 3. The largest absolute Gasteiger partial charge is 0.384 e. The van der Waals surface area contributed by atoms with Gasteiger partial charge in [0.1, 0.15) is 0 Å². The number of anilines is 2. The van der Waals surface area contributed by atoms with Crippen molar-refractivity contribution in [1.82, 2.24) is 0 Å². The second-order valence-corrected chi connectivity index (χ2v) is 5.76. The van der Waals surface area contributed by atoms with Crippen molar-refractivity contribution in [2.45, 2.75) is 19.8 Å². The maximum atomic E-state index is 3.46. The van der Waals surface area contributed by atoms with Crippen LogP contribution in [0.25, 0.3) is 0 Å². The Morgan fingerprint density at radius 1 is 1.18 bits per heavy atom. The highest BCUT2D eigenvalue weighted by atomic mass is 32.2. The van der Waals surface area contributed by atoms with Crippen molar-refractivity contribution in [3.8, 4) is 0 Å². The van der Waals surface area contributed by atoms with Crippen molar-refractivity contribution in [3.05, 3.63) is 24.3 Å². The van der Waals surface area contributed by atoms with Crippen molar-refractivity contribution in [2.75, 3.05) is 41.4 Å². The van der Waals surface area contributed by atoms with Crippen LogP contribution in [0.3, 0.4) is 0 Å². The van der Waals surface area contributed by atoms with E-state index >= 15 is 0 Å². The van der Waals surface area contributed by atoms with Gasteiger partial charge in [0.15, 0.2) is 0 Å². The summed E-state index contributed by atoms with van der Waals surface area (Å²) in [5.41, 5.74) is 2.61. The topological polar surface area (TPSA) is 15.3 Å². The fourth-order valence-corrected chi connectivity index (χ4v) is 2.71. The van der Waals surface area contributed by atoms with Crippen LogP contribution in [0.5, 0.6) is 0 Å². The molecule has 17 heavy (non-hydrogen) atoms. The van der Waals surface area contributed by atoms with Crippen molar-refractivity contribution in [2.24, 2.45) is 0 Å². The van der Waals surface area contributed by atoms with Crippen LogP contribution in [0.15, 0.2) is 24.3 Å². The molecule has 0 bridgehead atoms. The maximum absolute atomic E-state index is 3.46. The van der Waals surface area contributed by atoms with Gasteiger partial charge < -0.3 is 10.2 Å². The van der Waals surface area contributed by atoms with Crippen molar-refractivity contribution >= 4 is 23.1 Å². The van der Waals surface area contributed by atoms with E-state index in [0.717, 1.165) is 6.54 Å². The van der Waals surface area contributed by atoms with Gasteiger partial charge in [-0.3, -0.25) is 0 Å². The summed E-state index contributed by atoms with van der Waals surface area (Å²) in [4.78, 5) is 2.47. The minimum Gasteiger partial charge on any atom is -0.384 e. The normalized spacial score (nSPS) is 15.2. The summed E-state index contributed by atoms with van der Waals surface area (Å²) in [7, 11) is 0. The molecule has 0 unspecified atom stereocenters. The van der Waals surface area contributed by atoms with E-state index in [1.54, 1.807) is 0 Å². The molecule has 1 aromatic rings. The molecule has 0 atom stereocenters. The number of benzene rings is 1. The zero-order valence-corrected chi connectivity index (χ0v) is 11.4. The first kappa shape index (κ1) is 12.6. The first-order valence-electron chi connectivity index (χ1n) is 6.57. The third kappa shape index (κ3) is 3.84. The average Bonchev–Trinajstić information content (AvgIpc) is 2.89. The third-order valence-corrected chi connectivity index (χ3v) is 4.02. The lowest BCUT2D eigenvalue weighted by atomic mass is 10.2. The SMILES string of the molecule is CCSCCNc1ccc(N2CCCC2)cc1. The minimum atomic E-state index is 1.06. The molecule has 0 saturated carbocycles. The van der Waals surface area contributed by atoms with E-state index in [-0.39, 0.29) is 0 Å². The fourth-order valence-electron chi connectivity index (χ4n) is 2.18. The van der Waals surface area contributed by atoms with Gasteiger partial charge in [0.2, 0.25) is 0 Å². The quantitative estimate of drug-likeness (QED) is 0.779. The summed E-state index contributed by atoms with van der Waals surface area (Å²) in [6, 6.07) is 8.87. The summed E-state index contributed by atoms with van der Waals surface area (Å²) in [5.74, 6) is 2.39. The second kappa shape index (κ2) is 6.80. The van der Waals surface area contributed by atoms with Gasteiger partial charge in [-0.1, -0.05) is 6.92 Å². The Morgan fingerprint density at radius 2 is 1.88 bits per heavy atom. The van der Waals surface area contributed by atoms with Crippen LogP contribution in [0.4, 0.5) is 11.4 Å². The molecule has 1 aliphatic rings. The predicted octanol–water partition coefficient (Wildman–Crippen LogP) is 3.45. The molecule has 94 valence electrons. The molecular weight excluding hydrogens is 228 g/mol. The molecule has 0 radical (unpaired) electrons. The highest BCUT2D eigenvalue weighted by Gasteiger charge is 2.11. The molecule has 0 aliphatic carbocycles. The van der Waals surface area contributed by atoms with Crippen molar-refractivity contribution in [1.29, 1.82) is 0 Å². The lowest BCUT2D eigenvalue weighted by Crippen LogP contribution is -2.17. The lowest BCUT2D eigenvalue weighted by Gasteiger charge is -2.17. The molecule has 0 aromatic heterocycles. The minimum absolute atomic E-state index is 1.06. The molecule has 0 amide bonds. The zero-order valence-electron chi connectivity index (χ0n) is 10.6. The number of rotatable bonds is 6. The summed E-state index contributed by atoms with van der Waals surface area (Å²) < 4.78 is 0. The van der Waals surface area contributed by atoms with Crippen LogP contribution in [0.2, 0.25) is 0 Å². The molecule has 1 saturated heterocycles. The van der Waals surface area contributed by atoms with Crippen LogP contribution in [0.1, 0.15) is 19.8 Å². The highest BCUT2D eigenvalue weighted by Crippen LogP contribution is 2.21. The smallest absolute Gasteiger partial charge is 0.0367 e. The Labute approximate surface area is 109 Å². The molecule has 1 N–H and O–H groups in total. The summed E-state index contributed by atoms with van der Waals surface area (Å²) in [6.45, 7) is 5.71. The Morgan fingerprint density at radius 3 is 2.53 bits per heavy atom. The van der Waals surface area contributed by atoms with Crippen LogP contribution < -0.4 is 10.2 Å². The summed E-state index contributed by atoms with van der Waals surface area (Å²) >= 11 is 1.98. The zero-order chi connectivity index (χ0) is 11.9. The van der Waals surface area contributed by atoms with Crippen LogP contribution in [0, 0.1) is 0 Å². The van der Waals surface area contributed by atoms with Gasteiger partial charge in [0, 0.05) is 36.8 Å². The summed E-state index contributed by atoms with van der Waals surface area (Å²) in [6.07, 6.45) is 2.68.